The smallest absolute Gasteiger partial charge is 0.156 e. The van der Waals surface area contributed by atoms with Gasteiger partial charge in [-0.05, 0) is 25.5 Å². The van der Waals surface area contributed by atoms with Crippen LogP contribution in [0.5, 0.6) is 0 Å². The Morgan fingerprint density at radius 1 is 1.36 bits per heavy atom. The van der Waals surface area contributed by atoms with E-state index in [1.165, 1.54) is 19.3 Å². The topological polar surface area (TPSA) is 24.4 Å². The van der Waals surface area contributed by atoms with E-state index in [-0.39, 0.29) is 24.0 Å². The van der Waals surface area contributed by atoms with Crippen LogP contribution in [0.4, 0.5) is 0 Å². The van der Waals surface area contributed by atoms with Crippen LogP contribution in [0.1, 0.15) is 19.3 Å². The summed E-state index contributed by atoms with van der Waals surface area (Å²) in [5.74, 6) is 0. The molecule has 0 aromatic rings. The Balaban J connectivity index is 0.000001000. The molecule has 0 amide bonds. The standard InChI is InChI=1S/C7H14N2S.HI/c1-10-7-8-5-3-2-4-6-9-7;/h2-6H2,1H3,(H,8,9);1H. The lowest BCUT2D eigenvalue weighted by Crippen LogP contribution is -2.23. The van der Waals surface area contributed by atoms with Gasteiger partial charge in [-0.1, -0.05) is 11.8 Å². The molecular weight excluding hydrogens is 271 g/mol. The van der Waals surface area contributed by atoms with Gasteiger partial charge in [0.05, 0.1) is 0 Å². The highest BCUT2D eigenvalue weighted by atomic mass is 127. The van der Waals surface area contributed by atoms with Crippen molar-refractivity contribution in [2.45, 2.75) is 19.3 Å². The first kappa shape index (κ1) is 11.6. The van der Waals surface area contributed by atoms with Crippen LogP contribution in [0.15, 0.2) is 4.99 Å². The molecule has 2 nitrogen and oxygen atoms in total. The Bertz CT molecular complexity index is 128. The highest BCUT2D eigenvalue weighted by Crippen LogP contribution is 2.02. The van der Waals surface area contributed by atoms with Crippen LogP contribution in [0, 0.1) is 0 Å². The van der Waals surface area contributed by atoms with Crippen LogP contribution in [-0.4, -0.2) is 24.5 Å². The lowest BCUT2D eigenvalue weighted by atomic mass is 10.2. The fourth-order valence-corrected chi connectivity index (χ4v) is 1.45. The number of halogens is 1. The molecule has 1 heterocycles. The summed E-state index contributed by atoms with van der Waals surface area (Å²) in [5.41, 5.74) is 0. The summed E-state index contributed by atoms with van der Waals surface area (Å²) in [6.45, 7) is 2.10. The average molecular weight is 286 g/mol. The van der Waals surface area contributed by atoms with Crippen LogP contribution in [0.2, 0.25) is 0 Å². The van der Waals surface area contributed by atoms with E-state index in [1.807, 2.05) is 0 Å². The van der Waals surface area contributed by atoms with Crippen LogP contribution in [0.3, 0.4) is 0 Å². The highest BCUT2D eigenvalue weighted by molar-refractivity contribution is 14.0. The van der Waals surface area contributed by atoms with Crippen molar-refractivity contribution in [1.29, 1.82) is 0 Å². The number of rotatable bonds is 0. The van der Waals surface area contributed by atoms with Crippen molar-refractivity contribution < 1.29 is 0 Å². The maximum absolute atomic E-state index is 4.37. The first-order valence-corrected chi connectivity index (χ1v) is 4.98. The molecule has 1 N–H and O–H groups in total. The van der Waals surface area contributed by atoms with Crippen molar-refractivity contribution in [2.75, 3.05) is 19.3 Å². The Morgan fingerprint density at radius 2 is 2.18 bits per heavy atom. The Morgan fingerprint density at radius 3 is 2.91 bits per heavy atom. The molecule has 1 rings (SSSR count). The van der Waals surface area contributed by atoms with E-state index < -0.39 is 0 Å². The van der Waals surface area contributed by atoms with Gasteiger partial charge in [0.25, 0.3) is 0 Å². The summed E-state index contributed by atoms with van der Waals surface area (Å²) in [5, 5.41) is 4.40. The zero-order chi connectivity index (χ0) is 7.23. The van der Waals surface area contributed by atoms with Crippen LogP contribution in [0.25, 0.3) is 0 Å². The third-order valence-electron chi connectivity index (χ3n) is 1.56. The van der Waals surface area contributed by atoms with Gasteiger partial charge in [0.1, 0.15) is 0 Å². The fraction of sp³-hybridized carbons (Fsp3) is 0.857. The van der Waals surface area contributed by atoms with Gasteiger partial charge in [-0.15, -0.1) is 24.0 Å². The van der Waals surface area contributed by atoms with Gasteiger partial charge in [0, 0.05) is 13.1 Å². The number of thioether (sulfide) groups is 1. The summed E-state index contributed by atoms with van der Waals surface area (Å²) >= 11 is 1.71. The molecule has 0 aromatic carbocycles. The van der Waals surface area contributed by atoms with Gasteiger partial charge >= 0.3 is 0 Å². The second kappa shape index (κ2) is 7.21. The van der Waals surface area contributed by atoms with E-state index in [1.54, 1.807) is 11.8 Å². The van der Waals surface area contributed by atoms with Gasteiger partial charge in [0.2, 0.25) is 0 Å². The number of nitrogens with one attached hydrogen (secondary N) is 1. The predicted octanol–water partition coefficient (Wildman–Crippen LogP) is 2.10. The maximum atomic E-state index is 4.37. The van der Waals surface area contributed by atoms with E-state index >= 15 is 0 Å². The second-order valence-corrected chi connectivity index (χ2v) is 3.17. The summed E-state index contributed by atoms with van der Waals surface area (Å²) in [4.78, 5) is 4.37. The molecule has 0 bridgehead atoms. The van der Waals surface area contributed by atoms with Crippen LogP contribution in [-0.2, 0) is 0 Å². The minimum absolute atomic E-state index is 0. The summed E-state index contributed by atoms with van der Waals surface area (Å²) < 4.78 is 0. The van der Waals surface area contributed by atoms with Crippen LogP contribution >= 0.6 is 35.7 Å². The Labute approximate surface area is 89.6 Å². The zero-order valence-electron chi connectivity index (χ0n) is 6.80. The van der Waals surface area contributed by atoms with Crippen molar-refractivity contribution in [3.63, 3.8) is 0 Å². The van der Waals surface area contributed by atoms with Crippen molar-refractivity contribution >= 4 is 40.9 Å². The van der Waals surface area contributed by atoms with Crippen molar-refractivity contribution in [3.05, 3.63) is 0 Å². The maximum Gasteiger partial charge on any atom is 0.156 e. The summed E-state index contributed by atoms with van der Waals surface area (Å²) in [6, 6.07) is 0. The number of hydrogen-bond acceptors (Lipinski definition) is 3. The van der Waals surface area contributed by atoms with E-state index in [9.17, 15) is 0 Å². The van der Waals surface area contributed by atoms with Gasteiger partial charge in [0.15, 0.2) is 5.17 Å². The molecular formula is C7H15IN2S. The lowest BCUT2D eigenvalue weighted by molar-refractivity contribution is 0.656. The summed E-state index contributed by atoms with van der Waals surface area (Å²) in [6.07, 6.45) is 5.93. The molecule has 1 aliphatic rings. The molecule has 0 spiro atoms. The van der Waals surface area contributed by atoms with E-state index in [0.29, 0.717) is 0 Å². The third-order valence-corrected chi connectivity index (χ3v) is 2.22. The lowest BCUT2D eigenvalue weighted by Gasteiger charge is -2.10. The number of aliphatic imine (C=N–C) groups is 1. The fourth-order valence-electron chi connectivity index (χ4n) is 0.982. The van der Waals surface area contributed by atoms with E-state index in [0.717, 1.165) is 18.3 Å². The summed E-state index contributed by atoms with van der Waals surface area (Å²) in [7, 11) is 0. The highest BCUT2D eigenvalue weighted by Gasteiger charge is 1.98. The molecule has 4 heteroatoms. The molecule has 0 unspecified atom stereocenters. The number of nitrogens with zero attached hydrogens (tertiary/aromatic N) is 1. The molecule has 0 radical (unpaired) electrons. The minimum Gasteiger partial charge on any atom is -0.365 e. The largest absolute Gasteiger partial charge is 0.365 e. The van der Waals surface area contributed by atoms with Crippen molar-refractivity contribution in [2.24, 2.45) is 4.99 Å². The zero-order valence-corrected chi connectivity index (χ0v) is 9.95. The molecule has 0 aromatic heterocycles. The molecule has 1 aliphatic heterocycles. The van der Waals surface area contributed by atoms with Gasteiger partial charge < -0.3 is 5.32 Å². The number of amidine groups is 1. The molecule has 0 fully saturated rings. The van der Waals surface area contributed by atoms with E-state index in [4.69, 9.17) is 0 Å². The molecule has 11 heavy (non-hydrogen) atoms. The third kappa shape index (κ3) is 4.90. The predicted molar refractivity (Wildman–Crippen MR) is 63.1 cm³/mol. The Kier molecular flexibility index (Phi) is 7.57. The monoisotopic (exact) mass is 286 g/mol. The normalized spacial score (nSPS) is 23.2. The minimum atomic E-state index is 0. The number of hydrogen-bond donors (Lipinski definition) is 1. The second-order valence-electron chi connectivity index (χ2n) is 2.38. The van der Waals surface area contributed by atoms with Crippen LogP contribution < -0.4 is 5.32 Å². The molecule has 0 atom stereocenters. The average Bonchev–Trinajstić information content (AvgIpc) is 1.87. The molecule has 0 saturated heterocycles. The first-order valence-electron chi connectivity index (χ1n) is 3.76. The quantitative estimate of drug-likeness (QED) is 0.690. The van der Waals surface area contributed by atoms with Crippen molar-refractivity contribution in [1.82, 2.24) is 5.32 Å². The molecule has 0 aliphatic carbocycles. The SMILES string of the molecule is CS/C1=N/CCCCCN1.I. The Hall–Kier alpha value is 0.550. The van der Waals surface area contributed by atoms with Crippen molar-refractivity contribution in [3.8, 4) is 0 Å². The van der Waals surface area contributed by atoms with Gasteiger partial charge in [-0.3, -0.25) is 4.99 Å². The van der Waals surface area contributed by atoms with Gasteiger partial charge in [-0.25, -0.2) is 0 Å². The molecule has 0 saturated carbocycles. The molecule has 66 valence electrons. The first-order chi connectivity index (χ1) is 4.93. The van der Waals surface area contributed by atoms with E-state index in [2.05, 4.69) is 16.6 Å². The van der Waals surface area contributed by atoms with Gasteiger partial charge in [-0.2, -0.15) is 0 Å².